The van der Waals surface area contributed by atoms with Crippen LogP contribution in [0.4, 0.5) is 4.39 Å². The van der Waals surface area contributed by atoms with E-state index in [1.54, 1.807) is 0 Å². The Morgan fingerprint density at radius 3 is 2.89 bits per heavy atom. The molecule has 1 saturated heterocycles. The predicted octanol–water partition coefficient (Wildman–Crippen LogP) is 0.882. The number of nitrogens with zero attached hydrogens (tertiary/aromatic N) is 1. The van der Waals surface area contributed by atoms with E-state index in [0.29, 0.717) is 19.5 Å². The number of benzene rings is 1. The number of amides is 2. The van der Waals surface area contributed by atoms with Crippen LogP contribution < -0.4 is 5.32 Å². The minimum absolute atomic E-state index is 0.0523. The summed E-state index contributed by atoms with van der Waals surface area (Å²) in [7, 11) is 0. The van der Waals surface area contributed by atoms with E-state index in [1.807, 2.05) is 0 Å². The van der Waals surface area contributed by atoms with Gasteiger partial charge in [-0.25, -0.2) is 4.39 Å². The SMILES string of the molecule is CC(=O)NC1CCN(C(=O)c2cc(F)ccc2O)C1. The van der Waals surface area contributed by atoms with E-state index in [2.05, 4.69) is 5.32 Å². The number of nitrogens with one attached hydrogen (secondary N) is 1. The van der Waals surface area contributed by atoms with Crippen LogP contribution in [0.2, 0.25) is 0 Å². The van der Waals surface area contributed by atoms with Crippen LogP contribution in [0.1, 0.15) is 23.7 Å². The molecule has 1 unspecified atom stereocenters. The van der Waals surface area contributed by atoms with Crippen LogP contribution in [-0.2, 0) is 4.79 Å². The third-order valence-electron chi connectivity index (χ3n) is 3.07. The molecule has 1 aliphatic heterocycles. The summed E-state index contributed by atoms with van der Waals surface area (Å²) < 4.78 is 13.1. The van der Waals surface area contributed by atoms with Crippen LogP contribution in [0.5, 0.6) is 5.75 Å². The lowest BCUT2D eigenvalue weighted by atomic mass is 10.1. The lowest BCUT2D eigenvalue weighted by molar-refractivity contribution is -0.119. The third-order valence-corrected chi connectivity index (χ3v) is 3.07. The Hall–Kier alpha value is -2.11. The van der Waals surface area contributed by atoms with Crippen molar-refractivity contribution in [3.05, 3.63) is 29.6 Å². The van der Waals surface area contributed by atoms with E-state index < -0.39 is 11.7 Å². The summed E-state index contributed by atoms with van der Waals surface area (Å²) in [6.45, 7) is 2.26. The van der Waals surface area contributed by atoms with E-state index in [4.69, 9.17) is 0 Å². The molecule has 2 rings (SSSR count). The fourth-order valence-electron chi connectivity index (χ4n) is 2.20. The standard InChI is InChI=1S/C13H15FN2O3/c1-8(17)15-10-4-5-16(7-10)13(19)11-6-9(14)2-3-12(11)18/h2-3,6,10,18H,4-5,7H2,1H3,(H,15,17). The molecule has 6 heteroatoms. The Balaban J connectivity index is 2.09. The van der Waals surface area contributed by atoms with Gasteiger partial charge in [0, 0.05) is 26.1 Å². The zero-order valence-corrected chi connectivity index (χ0v) is 10.5. The molecule has 1 aromatic carbocycles. The van der Waals surface area contributed by atoms with Gasteiger partial charge in [0.05, 0.1) is 5.56 Å². The highest BCUT2D eigenvalue weighted by Crippen LogP contribution is 2.22. The van der Waals surface area contributed by atoms with E-state index >= 15 is 0 Å². The minimum atomic E-state index is -0.571. The van der Waals surface area contributed by atoms with Gasteiger partial charge < -0.3 is 15.3 Å². The predicted molar refractivity (Wildman–Crippen MR) is 66.2 cm³/mol. The van der Waals surface area contributed by atoms with Crippen molar-refractivity contribution in [2.75, 3.05) is 13.1 Å². The Morgan fingerprint density at radius 1 is 1.47 bits per heavy atom. The molecule has 0 spiro atoms. The number of likely N-dealkylation sites (tertiary alicyclic amines) is 1. The molecule has 0 bridgehead atoms. The third kappa shape index (κ3) is 3.01. The van der Waals surface area contributed by atoms with Crippen molar-refractivity contribution in [2.45, 2.75) is 19.4 Å². The molecule has 5 nitrogen and oxygen atoms in total. The van der Waals surface area contributed by atoms with Crippen molar-refractivity contribution in [2.24, 2.45) is 0 Å². The van der Waals surface area contributed by atoms with Gasteiger partial charge in [0.2, 0.25) is 5.91 Å². The molecule has 1 aromatic rings. The van der Waals surface area contributed by atoms with Gasteiger partial charge in [0.15, 0.2) is 0 Å². The molecular formula is C13H15FN2O3. The molecule has 1 heterocycles. The molecule has 2 amide bonds. The quantitative estimate of drug-likeness (QED) is 0.835. The molecule has 1 atom stereocenters. The summed E-state index contributed by atoms with van der Waals surface area (Å²) in [5, 5.41) is 12.3. The Morgan fingerprint density at radius 2 is 2.21 bits per heavy atom. The second-order valence-electron chi connectivity index (χ2n) is 4.60. The molecule has 0 aromatic heterocycles. The number of halogens is 1. The molecule has 1 aliphatic rings. The summed E-state index contributed by atoms with van der Waals surface area (Å²) in [6, 6.07) is 3.18. The van der Waals surface area contributed by atoms with Gasteiger partial charge in [-0.3, -0.25) is 9.59 Å². The van der Waals surface area contributed by atoms with Gasteiger partial charge in [-0.2, -0.15) is 0 Å². The first-order valence-electron chi connectivity index (χ1n) is 6.02. The van der Waals surface area contributed by atoms with Crippen LogP contribution in [0.3, 0.4) is 0 Å². The largest absolute Gasteiger partial charge is 0.507 e. The van der Waals surface area contributed by atoms with Crippen molar-refractivity contribution in [3.8, 4) is 5.75 Å². The number of phenols is 1. The molecule has 1 fully saturated rings. The number of hydrogen-bond donors (Lipinski definition) is 2. The lowest BCUT2D eigenvalue weighted by Gasteiger charge is -2.17. The highest BCUT2D eigenvalue weighted by molar-refractivity contribution is 5.97. The van der Waals surface area contributed by atoms with E-state index in [0.717, 1.165) is 18.2 Å². The number of carbonyl (C=O) groups excluding carboxylic acids is 2. The maximum absolute atomic E-state index is 13.1. The molecule has 19 heavy (non-hydrogen) atoms. The first-order valence-corrected chi connectivity index (χ1v) is 6.02. The molecule has 102 valence electrons. The lowest BCUT2D eigenvalue weighted by Crippen LogP contribution is -2.37. The van der Waals surface area contributed by atoms with Crippen molar-refractivity contribution in [3.63, 3.8) is 0 Å². The summed E-state index contributed by atoms with van der Waals surface area (Å²) in [6.07, 6.45) is 0.654. The smallest absolute Gasteiger partial charge is 0.257 e. The van der Waals surface area contributed by atoms with Gasteiger partial charge in [-0.05, 0) is 24.6 Å². The first kappa shape index (κ1) is 13.3. The van der Waals surface area contributed by atoms with Crippen molar-refractivity contribution in [1.29, 1.82) is 0 Å². The molecule has 2 N–H and O–H groups in total. The summed E-state index contributed by atoms with van der Waals surface area (Å²) in [5.41, 5.74) is -0.0523. The highest BCUT2D eigenvalue weighted by Gasteiger charge is 2.28. The van der Waals surface area contributed by atoms with Gasteiger partial charge in [0.25, 0.3) is 5.91 Å². The highest BCUT2D eigenvalue weighted by atomic mass is 19.1. The zero-order chi connectivity index (χ0) is 14.0. The number of carbonyl (C=O) groups is 2. The average molecular weight is 266 g/mol. The van der Waals surface area contributed by atoms with E-state index in [9.17, 15) is 19.1 Å². The van der Waals surface area contributed by atoms with Crippen LogP contribution in [0.15, 0.2) is 18.2 Å². The van der Waals surface area contributed by atoms with Crippen LogP contribution >= 0.6 is 0 Å². The fraction of sp³-hybridized carbons (Fsp3) is 0.385. The number of rotatable bonds is 2. The summed E-state index contributed by atoms with van der Waals surface area (Å²) in [4.78, 5) is 24.6. The van der Waals surface area contributed by atoms with Crippen molar-refractivity contribution >= 4 is 11.8 Å². The molecular weight excluding hydrogens is 251 g/mol. The van der Waals surface area contributed by atoms with Gasteiger partial charge in [0.1, 0.15) is 11.6 Å². The number of hydrogen-bond acceptors (Lipinski definition) is 3. The Bertz CT molecular complexity index is 519. The van der Waals surface area contributed by atoms with E-state index in [-0.39, 0.29) is 23.3 Å². The normalized spacial score (nSPS) is 18.4. The summed E-state index contributed by atoms with van der Waals surface area (Å²) in [5.74, 6) is -1.38. The maximum atomic E-state index is 13.1. The van der Waals surface area contributed by atoms with Crippen LogP contribution in [-0.4, -0.2) is 41.0 Å². The first-order chi connectivity index (χ1) is 8.97. The number of aromatic hydroxyl groups is 1. The fourth-order valence-corrected chi connectivity index (χ4v) is 2.20. The van der Waals surface area contributed by atoms with Crippen molar-refractivity contribution in [1.82, 2.24) is 10.2 Å². The topological polar surface area (TPSA) is 69.6 Å². The average Bonchev–Trinajstić information content (AvgIpc) is 2.79. The molecule has 0 radical (unpaired) electrons. The second kappa shape index (κ2) is 5.26. The molecule has 0 saturated carbocycles. The van der Waals surface area contributed by atoms with Gasteiger partial charge >= 0.3 is 0 Å². The summed E-state index contributed by atoms with van der Waals surface area (Å²) >= 11 is 0. The van der Waals surface area contributed by atoms with E-state index in [1.165, 1.54) is 11.8 Å². The number of phenolic OH excluding ortho intramolecular Hbond substituents is 1. The molecule has 0 aliphatic carbocycles. The van der Waals surface area contributed by atoms with Crippen molar-refractivity contribution < 1.29 is 19.1 Å². The zero-order valence-electron chi connectivity index (χ0n) is 10.5. The Labute approximate surface area is 110 Å². The van der Waals surface area contributed by atoms with Gasteiger partial charge in [-0.15, -0.1) is 0 Å². The van der Waals surface area contributed by atoms with Crippen LogP contribution in [0.25, 0.3) is 0 Å². The van der Waals surface area contributed by atoms with Crippen LogP contribution in [0, 0.1) is 5.82 Å². The Kier molecular flexibility index (Phi) is 3.69. The monoisotopic (exact) mass is 266 g/mol. The minimum Gasteiger partial charge on any atom is -0.507 e. The maximum Gasteiger partial charge on any atom is 0.257 e. The second-order valence-corrected chi connectivity index (χ2v) is 4.60. The van der Waals surface area contributed by atoms with Gasteiger partial charge in [-0.1, -0.05) is 0 Å².